The van der Waals surface area contributed by atoms with Crippen LogP contribution >= 0.6 is 11.6 Å². The van der Waals surface area contributed by atoms with Crippen LogP contribution in [0.5, 0.6) is 0 Å². The number of nitrogens with one attached hydrogen (secondary N) is 2. The summed E-state index contributed by atoms with van der Waals surface area (Å²) in [4.78, 5) is 12.3. The van der Waals surface area contributed by atoms with Gasteiger partial charge in [-0.05, 0) is 50.6 Å². The molecule has 2 N–H and O–H groups in total. The lowest BCUT2D eigenvalue weighted by Gasteiger charge is -2.32. The molecule has 1 aromatic carbocycles. The van der Waals surface area contributed by atoms with Crippen molar-refractivity contribution in [3.8, 4) is 0 Å². The molecule has 0 aromatic heterocycles. The van der Waals surface area contributed by atoms with Crippen molar-refractivity contribution < 1.29 is 22.7 Å². The van der Waals surface area contributed by atoms with Gasteiger partial charge in [-0.1, -0.05) is 11.6 Å². The Morgan fingerprint density at radius 3 is 2.71 bits per heavy atom. The van der Waals surface area contributed by atoms with Gasteiger partial charge in [-0.25, -0.2) is 0 Å². The number of ether oxygens (including phenoxy) is 1. The molecular weight excluding hydrogens is 345 g/mol. The van der Waals surface area contributed by atoms with E-state index in [9.17, 15) is 18.0 Å². The maximum Gasteiger partial charge on any atom is 0.416 e. The van der Waals surface area contributed by atoms with Gasteiger partial charge in [0.15, 0.2) is 0 Å². The van der Waals surface area contributed by atoms with Gasteiger partial charge in [-0.15, -0.1) is 0 Å². The van der Waals surface area contributed by atoms with E-state index in [4.69, 9.17) is 16.3 Å². The first-order chi connectivity index (χ1) is 11.3. The quantitative estimate of drug-likeness (QED) is 0.850. The van der Waals surface area contributed by atoms with E-state index in [1.54, 1.807) is 0 Å². The molecule has 2 saturated heterocycles. The number of hydrogen-bond acceptors (Lipinski definition) is 3. The number of hydrogen-bond donors (Lipinski definition) is 2. The van der Waals surface area contributed by atoms with Gasteiger partial charge >= 0.3 is 6.18 Å². The first kappa shape index (κ1) is 17.5. The Kier molecular flexibility index (Phi) is 4.77. The average molecular weight is 363 g/mol. The van der Waals surface area contributed by atoms with Crippen LogP contribution in [-0.2, 0) is 10.9 Å². The Labute approximate surface area is 142 Å². The summed E-state index contributed by atoms with van der Waals surface area (Å²) >= 11 is 5.90. The second kappa shape index (κ2) is 6.54. The smallest absolute Gasteiger partial charge is 0.373 e. The molecule has 3 rings (SSSR count). The lowest BCUT2D eigenvalue weighted by atomic mass is 9.88. The normalized spacial score (nSPS) is 23.4. The van der Waals surface area contributed by atoms with Crippen molar-refractivity contribution in [1.29, 1.82) is 0 Å². The van der Waals surface area contributed by atoms with Crippen LogP contribution in [-0.4, -0.2) is 37.2 Å². The number of piperidine rings is 1. The fourth-order valence-electron chi connectivity index (χ4n) is 3.31. The first-order valence-corrected chi connectivity index (χ1v) is 8.19. The zero-order chi connectivity index (χ0) is 17.4. The summed E-state index contributed by atoms with van der Waals surface area (Å²) in [5.41, 5.74) is -1.30. The molecule has 1 amide bonds. The minimum absolute atomic E-state index is 0.00371. The van der Waals surface area contributed by atoms with Crippen LogP contribution in [0.15, 0.2) is 18.2 Å². The highest BCUT2D eigenvalue weighted by atomic mass is 35.5. The molecule has 2 aliphatic rings. The number of carbonyl (C=O) groups excluding carboxylic acids is 1. The highest BCUT2D eigenvalue weighted by molar-refractivity contribution is 6.33. The predicted octanol–water partition coefficient (Wildman–Crippen LogP) is 3.00. The second-order valence-corrected chi connectivity index (χ2v) is 6.72. The van der Waals surface area contributed by atoms with Crippen LogP contribution < -0.4 is 10.6 Å². The van der Waals surface area contributed by atoms with E-state index in [1.807, 2.05) is 0 Å². The molecule has 1 aromatic rings. The number of benzene rings is 1. The summed E-state index contributed by atoms with van der Waals surface area (Å²) in [5, 5.41) is 6.00. The van der Waals surface area contributed by atoms with Crippen molar-refractivity contribution in [3.63, 3.8) is 0 Å². The third kappa shape index (κ3) is 3.68. The van der Waals surface area contributed by atoms with Crippen LogP contribution in [0, 0.1) is 0 Å². The molecule has 24 heavy (non-hydrogen) atoms. The first-order valence-electron chi connectivity index (χ1n) is 7.81. The van der Waals surface area contributed by atoms with Gasteiger partial charge in [-0.2, -0.15) is 13.2 Å². The SMILES string of the molecule is O=C(N[C@H]1COC2(CCNCC2)C1)c1cc(C(F)(F)F)ccc1Cl. The Balaban J connectivity index is 1.69. The van der Waals surface area contributed by atoms with E-state index in [2.05, 4.69) is 10.6 Å². The van der Waals surface area contributed by atoms with E-state index < -0.39 is 17.6 Å². The maximum atomic E-state index is 12.8. The largest absolute Gasteiger partial charge is 0.416 e. The van der Waals surface area contributed by atoms with Gasteiger partial charge in [0.2, 0.25) is 0 Å². The highest BCUT2D eigenvalue weighted by Gasteiger charge is 2.41. The summed E-state index contributed by atoms with van der Waals surface area (Å²) in [5.74, 6) is -0.606. The van der Waals surface area contributed by atoms with Crippen LogP contribution in [0.1, 0.15) is 35.2 Å². The molecule has 0 aliphatic carbocycles. The molecule has 0 radical (unpaired) electrons. The molecule has 1 spiro atoms. The van der Waals surface area contributed by atoms with Crippen LogP contribution in [0.2, 0.25) is 5.02 Å². The van der Waals surface area contributed by atoms with Crippen LogP contribution in [0.4, 0.5) is 13.2 Å². The van der Waals surface area contributed by atoms with E-state index in [0.29, 0.717) is 13.0 Å². The third-order valence-corrected chi connectivity index (χ3v) is 4.93. The molecule has 0 saturated carbocycles. The molecule has 2 heterocycles. The Morgan fingerprint density at radius 2 is 2.04 bits per heavy atom. The number of carbonyl (C=O) groups is 1. The molecule has 1 atom stereocenters. The van der Waals surface area contributed by atoms with Gasteiger partial charge in [0, 0.05) is 0 Å². The predicted molar refractivity (Wildman–Crippen MR) is 83.1 cm³/mol. The Hall–Kier alpha value is -1.31. The van der Waals surface area contributed by atoms with Crippen molar-refractivity contribution in [2.45, 2.75) is 37.1 Å². The van der Waals surface area contributed by atoms with E-state index in [0.717, 1.165) is 44.1 Å². The van der Waals surface area contributed by atoms with E-state index in [1.165, 1.54) is 0 Å². The minimum Gasteiger partial charge on any atom is -0.373 e. The summed E-state index contributed by atoms with van der Waals surface area (Å²) in [6.07, 6.45) is -2.13. The maximum absolute atomic E-state index is 12.8. The van der Waals surface area contributed by atoms with Gasteiger partial charge in [0.25, 0.3) is 5.91 Å². The van der Waals surface area contributed by atoms with Gasteiger partial charge < -0.3 is 15.4 Å². The fraction of sp³-hybridized carbons (Fsp3) is 0.562. The number of alkyl halides is 3. The summed E-state index contributed by atoms with van der Waals surface area (Å²) < 4.78 is 44.3. The van der Waals surface area contributed by atoms with E-state index >= 15 is 0 Å². The van der Waals surface area contributed by atoms with Crippen LogP contribution in [0.25, 0.3) is 0 Å². The molecule has 2 fully saturated rings. The van der Waals surface area contributed by atoms with Gasteiger partial charge in [0.05, 0.1) is 34.4 Å². The zero-order valence-electron chi connectivity index (χ0n) is 12.9. The number of halogens is 4. The average Bonchev–Trinajstić information content (AvgIpc) is 2.89. The number of rotatable bonds is 2. The number of amides is 1. The summed E-state index contributed by atoms with van der Waals surface area (Å²) in [6.45, 7) is 2.09. The van der Waals surface area contributed by atoms with Gasteiger partial charge in [0.1, 0.15) is 0 Å². The van der Waals surface area contributed by atoms with Crippen molar-refractivity contribution in [1.82, 2.24) is 10.6 Å². The molecule has 8 heteroatoms. The summed E-state index contributed by atoms with van der Waals surface area (Å²) in [6, 6.07) is 2.52. The summed E-state index contributed by atoms with van der Waals surface area (Å²) in [7, 11) is 0. The molecule has 4 nitrogen and oxygen atoms in total. The second-order valence-electron chi connectivity index (χ2n) is 6.31. The van der Waals surface area contributed by atoms with Crippen molar-refractivity contribution in [2.75, 3.05) is 19.7 Å². The van der Waals surface area contributed by atoms with E-state index in [-0.39, 0.29) is 22.2 Å². The van der Waals surface area contributed by atoms with Crippen molar-refractivity contribution in [3.05, 3.63) is 34.3 Å². The third-order valence-electron chi connectivity index (χ3n) is 4.60. The topological polar surface area (TPSA) is 50.4 Å². The van der Waals surface area contributed by atoms with Crippen molar-refractivity contribution >= 4 is 17.5 Å². The van der Waals surface area contributed by atoms with Crippen molar-refractivity contribution in [2.24, 2.45) is 0 Å². The molecule has 0 bridgehead atoms. The lowest BCUT2D eigenvalue weighted by molar-refractivity contribution is -0.137. The molecule has 2 aliphatic heterocycles. The highest BCUT2D eigenvalue weighted by Crippen LogP contribution is 2.35. The standard InChI is InChI=1S/C16H18ClF3N2O2/c17-13-2-1-10(16(18,19)20)7-12(13)14(23)22-11-8-15(24-9-11)3-5-21-6-4-15/h1-2,7,11,21H,3-6,8-9H2,(H,22,23)/t11-/m1/s1. The molecule has 132 valence electrons. The van der Waals surface area contributed by atoms with Crippen LogP contribution in [0.3, 0.4) is 0 Å². The van der Waals surface area contributed by atoms with Gasteiger partial charge in [-0.3, -0.25) is 4.79 Å². The minimum atomic E-state index is -4.52. The Morgan fingerprint density at radius 1 is 1.33 bits per heavy atom. The molecular formula is C16H18ClF3N2O2. The lowest BCUT2D eigenvalue weighted by Crippen LogP contribution is -2.43. The monoisotopic (exact) mass is 362 g/mol. The fourth-order valence-corrected chi connectivity index (χ4v) is 3.51. The Bertz CT molecular complexity index is 630. The molecule has 0 unspecified atom stereocenters. The zero-order valence-corrected chi connectivity index (χ0v) is 13.6.